The van der Waals surface area contributed by atoms with E-state index in [-0.39, 0.29) is 18.5 Å². The average Bonchev–Trinajstić information content (AvgIpc) is 2.54. The number of ether oxygens (including phenoxy) is 1. The molecule has 2 N–H and O–H groups in total. The summed E-state index contributed by atoms with van der Waals surface area (Å²) in [4.78, 5) is 28.1. The number of amides is 1. The highest BCUT2D eigenvalue weighted by atomic mass is 19.4. The maximum atomic E-state index is 12.8. The SMILES string of the molecule is CC(C)C(CNC(=O)c1cc(C(F)(F)F)c[nH]c1=O)N1CCOCC1. The van der Waals surface area contributed by atoms with Crippen molar-refractivity contribution in [3.8, 4) is 0 Å². The van der Waals surface area contributed by atoms with Gasteiger partial charge in [-0.05, 0) is 12.0 Å². The van der Waals surface area contributed by atoms with E-state index in [1.54, 1.807) is 0 Å². The van der Waals surface area contributed by atoms with E-state index < -0.39 is 28.8 Å². The summed E-state index contributed by atoms with van der Waals surface area (Å²) >= 11 is 0. The molecule has 2 heterocycles. The molecular weight excluding hydrogens is 339 g/mol. The summed E-state index contributed by atoms with van der Waals surface area (Å²) in [7, 11) is 0. The zero-order valence-corrected chi connectivity index (χ0v) is 14.2. The van der Waals surface area contributed by atoms with E-state index in [9.17, 15) is 22.8 Å². The third kappa shape index (κ3) is 5.05. The standard InChI is InChI=1S/C16H22F3N3O3/c1-10(2)13(22-3-5-25-6-4-22)9-21-15(24)12-7-11(16(17,18)19)8-20-14(12)23/h7-8,10,13H,3-6,9H2,1-2H3,(H,20,23)(H,21,24). The number of rotatable bonds is 5. The van der Waals surface area contributed by atoms with Crippen LogP contribution in [0.1, 0.15) is 29.8 Å². The highest BCUT2D eigenvalue weighted by Gasteiger charge is 2.32. The van der Waals surface area contributed by atoms with Crippen molar-refractivity contribution in [3.63, 3.8) is 0 Å². The first kappa shape index (κ1) is 19.5. The molecule has 25 heavy (non-hydrogen) atoms. The van der Waals surface area contributed by atoms with Gasteiger partial charge < -0.3 is 15.0 Å². The fraction of sp³-hybridized carbons (Fsp3) is 0.625. The van der Waals surface area contributed by atoms with Gasteiger partial charge in [-0.2, -0.15) is 13.2 Å². The number of aromatic amines is 1. The van der Waals surface area contributed by atoms with Crippen LogP contribution < -0.4 is 10.9 Å². The normalized spacial score (nSPS) is 17.5. The van der Waals surface area contributed by atoms with Gasteiger partial charge in [-0.3, -0.25) is 14.5 Å². The first-order valence-corrected chi connectivity index (χ1v) is 8.10. The largest absolute Gasteiger partial charge is 0.417 e. The van der Waals surface area contributed by atoms with Gasteiger partial charge in [0, 0.05) is 31.9 Å². The van der Waals surface area contributed by atoms with Gasteiger partial charge in [0.2, 0.25) is 0 Å². The molecule has 9 heteroatoms. The van der Waals surface area contributed by atoms with E-state index in [0.29, 0.717) is 25.5 Å². The Labute approximate surface area is 143 Å². The van der Waals surface area contributed by atoms with Crippen LogP contribution in [0.5, 0.6) is 0 Å². The lowest BCUT2D eigenvalue weighted by atomic mass is 10.0. The first-order chi connectivity index (χ1) is 11.7. The van der Waals surface area contributed by atoms with Crippen LogP contribution in [0.2, 0.25) is 0 Å². The number of hydrogen-bond acceptors (Lipinski definition) is 4. The quantitative estimate of drug-likeness (QED) is 0.833. The van der Waals surface area contributed by atoms with Crippen LogP contribution in [0, 0.1) is 5.92 Å². The van der Waals surface area contributed by atoms with Crippen LogP contribution >= 0.6 is 0 Å². The summed E-state index contributed by atoms with van der Waals surface area (Å²) in [6.07, 6.45) is -4.07. The van der Waals surface area contributed by atoms with Gasteiger partial charge in [0.25, 0.3) is 11.5 Å². The number of hydrogen-bond donors (Lipinski definition) is 2. The lowest BCUT2D eigenvalue weighted by Crippen LogP contribution is -2.51. The molecule has 0 radical (unpaired) electrons. The van der Waals surface area contributed by atoms with Gasteiger partial charge in [0.1, 0.15) is 5.56 Å². The third-order valence-corrected chi connectivity index (χ3v) is 4.23. The van der Waals surface area contributed by atoms with Crippen LogP contribution in [0.25, 0.3) is 0 Å². The number of alkyl halides is 3. The monoisotopic (exact) mass is 361 g/mol. The van der Waals surface area contributed by atoms with E-state index >= 15 is 0 Å². The fourth-order valence-electron chi connectivity index (χ4n) is 2.80. The van der Waals surface area contributed by atoms with Gasteiger partial charge in [-0.15, -0.1) is 0 Å². The summed E-state index contributed by atoms with van der Waals surface area (Å²) in [6.45, 7) is 6.90. The Morgan fingerprint density at radius 2 is 2.00 bits per heavy atom. The highest BCUT2D eigenvalue weighted by Crippen LogP contribution is 2.28. The van der Waals surface area contributed by atoms with Gasteiger partial charge in [-0.1, -0.05) is 13.8 Å². The second kappa shape index (κ2) is 8.01. The zero-order valence-electron chi connectivity index (χ0n) is 14.2. The van der Waals surface area contributed by atoms with E-state index in [2.05, 4.69) is 10.2 Å². The number of nitrogens with one attached hydrogen (secondary N) is 2. The van der Waals surface area contributed by atoms with Crippen molar-refractivity contribution in [2.45, 2.75) is 26.1 Å². The molecule has 2 rings (SSSR count). The second-order valence-electron chi connectivity index (χ2n) is 6.30. The smallest absolute Gasteiger partial charge is 0.379 e. The predicted octanol–water partition coefficient (Wildman–Crippen LogP) is 1.48. The van der Waals surface area contributed by atoms with Crippen molar-refractivity contribution in [1.82, 2.24) is 15.2 Å². The minimum Gasteiger partial charge on any atom is -0.379 e. The van der Waals surface area contributed by atoms with Gasteiger partial charge in [0.05, 0.1) is 18.8 Å². The molecule has 1 amide bonds. The predicted molar refractivity (Wildman–Crippen MR) is 85.4 cm³/mol. The van der Waals surface area contributed by atoms with Crippen LogP contribution in [-0.2, 0) is 10.9 Å². The average molecular weight is 361 g/mol. The Bertz CT molecular complexity index is 652. The molecule has 1 aliphatic heterocycles. The number of pyridine rings is 1. The molecule has 1 unspecified atom stereocenters. The molecule has 1 atom stereocenters. The maximum Gasteiger partial charge on any atom is 0.417 e. The maximum absolute atomic E-state index is 12.8. The number of nitrogens with zero attached hydrogens (tertiary/aromatic N) is 1. The molecule has 0 bridgehead atoms. The fourth-order valence-corrected chi connectivity index (χ4v) is 2.80. The summed E-state index contributed by atoms with van der Waals surface area (Å²) in [5.41, 5.74) is -2.46. The number of halogens is 3. The number of aromatic nitrogens is 1. The molecule has 0 saturated carbocycles. The molecule has 0 aromatic carbocycles. The Hall–Kier alpha value is -1.87. The van der Waals surface area contributed by atoms with Crippen molar-refractivity contribution in [3.05, 3.63) is 33.7 Å². The third-order valence-electron chi connectivity index (χ3n) is 4.23. The molecule has 0 spiro atoms. The molecule has 6 nitrogen and oxygen atoms in total. The molecule has 140 valence electrons. The molecule has 1 aliphatic rings. The lowest BCUT2D eigenvalue weighted by Gasteiger charge is -2.36. The van der Waals surface area contributed by atoms with Crippen LogP contribution in [-0.4, -0.2) is 54.7 Å². The van der Waals surface area contributed by atoms with Crippen LogP contribution in [0.3, 0.4) is 0 Å². The van der Waals surface area contributed by atoms with E-state index in [1.165, 1.54) is 0 Å². The molecule has 1 aromatic heterocycles. The van der Waals surface area contributed by atoms with Gasteiger partial charge >= 0.3 is 6.18 Å². The summed E-state index contributed by atoms with van der Waals surface area (Å²) in [5.74, 6) is -0.593. The van der Waals surface area contributed by atoms with E-state index in [1.807, 2.05) is 18.8 Å². The number of carbonyl (C=O) groups excluding carboxylic acids is 1. The molecule has 1 fully saturated rings. The lowest BCUT2D eigenvalue weighted by molar-refractivity contribution is -0.137. The van der Waals surface area contributed by atoms with Crippen molar-refractivity contribution in [2.75, 3.05) is 32.8 Å². The Kier molecular flexibility index (Phi) is 6.23. The van der Waals surface area contributed by atoms with Crippen molar-refractivity contribution in [1.29, 1.82) is 0 Å². The summed E-state index contributed by atoms with van der Waals surface area (Å²) in [5, 5.41) is 2.59. The Morgan fingerprint density at radius 1 is 1.36 bits per heavy atom. The Balaban J connectivity index is 2.09. The van der Waals surface area contributed by atoms with Gasteiger partial charge in [-0.25, -0.2) is 0 Å². The number of H-pyrrole nitrogens is 1. The molecule has 1 saturated heterocycles. The Morgan fingerprint density at radius 3 is 2.56 bits per heavy atom. The molecule has 0 aliphatic carbocycles. The topological polar surface area (TPSA) is 74.4 Å². The zero-order chi connectivity index (χ0) is 18.6. The molecule has 1 aromatic rings. The summed E-state index contributed by atoms with van der Waals surface area (Å²) < 4.78 is 43.6. The van der Waals surface area contributed by atoms with Crippen LogP contribution in [0.15, 0.2) is 17.1 Å². The van der Waals surface area contributed by atoms with E-state index in [4.69, 9.17) is 4.74 Å². The minimum atomic E-state index is -4.63. The minimum absolute atomic E-state index is 0.0118. The highest BCUT2D eigenvalue weighted by molar-refractivity contribution is 5.94. The number of morpholine rings is 1. The van der Waals surface area contributed by atoms with Crippen LogP contribution in [0.4, 0.5) is 13.2 Å². The van der Waals surface area contributed by atoms with Gasteiger partial charge in [0.15, 0.2) is 0 Å². The second-order valence-corrected chi connectivity index (χ2v) is 6.30. The summed E-state index contributed by atoms with van der Waals surface area (Å²) in [6, 6.07) is 0.588. The van der Waals surface area contributed by atoms with Crippen molar-refractivity contribution < 1.29 is 22.7 Å². The first-order valence-electron chi connectivity index (χ1n) is 8.10. The number of carbonyl (C=O) groups is 1. The van der Waals surface area contributed by atoms with E-state index in [0.717, 1.165) is 13.1 Å². The van der Waals surface area contributed by atoms with Crippen molar-refractivity contribution >= 4 is 5.91 Å². The molecular formula is C16H22F3N3O3. The van der Waals surface area contributed by atoms with Crippen molar-refractivity contribution in [2.24, 2.45) is 5.92 Å².